The molecule has 0 saturated heterocycles. The van der Waals surface area contributed by atoms with Crippen molar-refractivity contribution >= 4 is 5.91 Å². The van der Waals surface area contributed by atoms with Crippen molar-refractivity contribution in [2.75, 3.05) is 6.61 Å². The number of amides is 1. The van der Waals surface area contributed by atoms with E-state index in [9.17, 15) is 4.79 Å². The highest BCUT2D eigenvalue weighted by atomic mass is 16.5. The second kappa shape index (κ2) is 7.41. The number of benzene rings is 1. The van der Waals surface area contributed by atoms with E-state index in [0.717, 1.165) is 16.7 Å². The molecule has 1 saturated carbocycles. The summed E-state index contributed by atoms with van der Waals surface area (Å²) in [7, 11) is 0. The first-order valence-electron chi connectivity index (χ1n) is 9.51. The quantitative estimate of drug-likeness (QED) is 0.820. The molecule has 3 rings (SSSR count). The van der Waals surface area contributed by atoms with Crippen molar-refractivity contribution < 1.29 is 9.53 Å². The van der Waals surface area contributed by atoms with Crippen LogP contribution >= 0.6 is 0 Å². The van der Waals surface area contributed by atoms with E-state index < -0.39 is 11.0 Å². The van der Waals surface area contributed by atoms with Crippen LogP contribution in [-0.4, -0.2) is 29.1 Å². The standard InChI is InChI=1S/C22H29N3O2/c1-5-27-19-14-22(23,21(19,3)4)20(26)25-15(2)16-6-8-17(9-7-16)18-10-12-24-13-11-18/h6-13,15,19H,5,14,23H2,1-4H3,(H,25,26). The van der Waals surface area contributed by atoms with Gasteiger partial charge in [-0.25, -0.2) is 0 Å². The monoisotopic (exact) mass is 367 g/mol. The van der Waals surface area contributed by atoms with Crippen LogP contribution in [0.3, 0.4) is 0 Å². The summed E-state index contributed by atoms with van der Waals surface area (Å²) in [6.45, 7) is 8.58. The number of aromatic nitrogens is 1. The summed E-state index contributed by atoms with van der Waals surface area (Å²) >= 11 is 0. The topological polar surface area (TPSA) is 77.2 Å². The van der Waals surface area contributed by atoms with Crippen LogP contribution < -0.4 is 11.1 Å². The number of rotatable bonds is 6. The van der Waals surface area contributed by atoms with Crippen molar-refractivity contribution in [3.63, 3.8) is 0 Å². The zero-order chi connectivity index (χ0) is 19.7. The Bertz CT molecular complexity index is 789. The summed E-state index contributed by atoms with van der Waals surface area (Å²) in [4.78, 5) is 16.9. The van der Waals surface area contributed by atoms with Gasteiger partial charge in [-0.3, -0.25) is 9.78 Å². The summed E-state index contributed by atoms with van der Waals surface area (Å²) < 4.78 is 5.72. The number of hydrogen-bond acceptors (Lipinski definition) is 4. The van der Waals surface area contributed by atoms with Crippen LogP contribution in [0.5, 0.6) is 0 Å². The number of carbonyl (C=O) groups is 1. The van der Waals surface area contributed by atoms with Crippen molar-refractivity contribution in [2.24, 2.45) is 11.1 Å². The van der Waals surface area contributed by atoms with Crippen molar-refractivity contribution in [2.45, 2.75) is 51.8 Å². The van der Waals surface area contributed by atoms with E-state index in [1.54, 1.807) is 12.4 Å². The van der Waals surface area contributed by atoms with Gasteiger partial charge in [-0.15, -0.1) is 0 Å². The molecule has 1 aromatic carbocycles. The molecular weight excluding hydrogens is 338 g/mol. The number of nitrogens with two attached hydrogens (primary N) is 1. The third-order valence-corrected chi connectivity index (χ3v) is 6.01. The number of nitrogens with zero attached hydrogens (tertiary/aromatic N) is 1. The van der Waals surface area contributed by atoms with E-state index in [4.69, 9.17) is 10.5 Å². The van der Waals surface area contributed by atoms with Crippen LogP contribution in [0.1, 0.15) is 45.7 Å². The largest absolute Gasteiger partial charge is 0.378 e. The predicted molar refractivity (Wildman–Crippen MR) is 107 cm³/mol. The molecule has 1 heterocycles. The van der Waals surface area contributed by atoms with Gasteiger partial charge in [-0.2, -0.15) is 0 Å². The Balaban J connectivity index is 1.67. The molecule has 5 nitrogen and oxygen atoms in total. The Hall–Kier alpha value is -2.24. The third-order valence-electron chi connectivity index (χ3n) is 6.01. The lowest BCUT2D eigenvalue weighted by molar-refractivity contribution is -0.171. The molecule has 1 aromatic heterocycles. The minimum absolute atomic E-state index is 0.0215. The molecule has 3 N–H and O–H groups in total. The second-order valence-electron chi connectivity index (χ2n) is 7.89. The fraction of sp³-hybridized carbons (Fsp3) is 0.455. The number of pyridine rings is 1. The maximum Gasteiger partial charge on any atom is 0.241 e. The van der Waals surface area contributed by atoms with Crippen LogP contribution in [0.25, 0.3) is 11.1 Å². The summed E-state index contributed by atoms with van der Waals surface area (Å²) in [6, 6.07) is 12.0. The molecule has 1 amide bonds. The summed E-state index contributed by atoms with van der Waals surface area (Å²) in [6.07, 6.45) is 4.13. The van der Waals surface area contributed by atoms with Gasteiger partial charge in [0.2, 0.25) is 5.91 Å². The smallest absolute Gasteiger partial charge is 0.241 e. The second-order valence-corrected chi connectivity index (χ2v) is 7.89. The minimum atomic E-state index is -0.905. The number of nitrogens with one attached hydrogen (secondary N) is 1. The van der Waals surface area contributed by atoms with E-state index in [1.807, 2.05) is 52.0 Å². The highest BCUT2D eigenvalue weighted by Crippen LogP contribution is 2.50. The lowest BCUT2D eigenvalue weighted by atomic mass is 9.54. The van der Waals surface area contributed by atoms with Gasteiger partial charge in [0.05, 0.1) is 12.1 Å². The Labute approximate surface area is 161 Å². The Morgan fingerprint density at radius 3 is 2.37 bits per heavy atom. The first kappa shape index (κ1) is 19.5. The molecule has 0 radical (unpaired) electrons. The van der Waals surface area contributed by atoms with Gasteiger partial charge >= 0.3 is 0 Å². The lowest BCUT2D eigenvalue weighted by Crippen LogP contribution is -2.75. The van der Waals surface area contributed by atoms with Gasteiger partial charge in [0.1, 0.15) is 5.54 Å². The average Bonchev–Trinajstić information content (AvgIpc) is 2.68. The van der Waals surface area contributed by atoms with Crippen molar-refractivity contribution in [3.8, 4) is 11.1 Å². The highest BCUT2D eigenvalue weighted by molar-refractivity contribution is 5.89. The number of ether oxygens (including phenoxy) is 1. The predicted octanol–water partition coefficient (Wildman–Crippen LogP) is 3.46. The van der Waals surface area contributed by atoms with Crippen molar-refractivity contribution in [1.82, 2.24) is 10.3 Å². The summed E-state index contributed by atoms with van der Waals surface area (Å²) in [5.74, 6) is -0.117. The minimum Gasteiger partial charge on any atom is -0.378 e. The first-order valence-corrected chi connectivity index (χ1v) is 9.51. The molecule has 3 atom stereocenters. The molecule has 2 aromatic rings. The summed E-state index contributed by atoms with van der Waals surface area (Å²) in [5, 5.41) is 3.09. The molecule has 1 fully saturated rings. The highest BCUT2D eigenvalue weighted by Gasteiger charge is 2.62. The third kappa shape index (κ3) is 3.49. The van der Waals surface area contributed by atoms with Crippen LogP contribution in [-0.2, 0) is 9.53 Å². The van der Waals surface area contributed by atoms with E-state index in [0.29, 0.717) is 13.0 Å². The van der Waals surface area contributed by atoms with Crippen LogP contribution in [0, 0.1) is 5.41 Å². The first-order chi connectivity index (χ1) is 12.8. The zero-order valence-electron chi connectivity index (χ0n) is 16.5. The Morgan fingerprint density at radius 2 is 1.81 bits per heavy atom. The van der Waals surface area contributed by atoms with Crippen LogP contribution in [0.2, 0.25) is 0 Å². The SMILES string of the molecule is CCOC1CC(N)(C(=O)NC(C)c2ccc(-c3ccncc3)cc2)C1(C)C. The molecule has 0 aliphatic heterocycles. The van der Waals surface area contributed by atoms with Gasteiger partial charge in [-0.1, -0.05) is 38.1 Å². The van der Waals surface area contributed by atoms with Crippen LogP contribution in [0.15, 0.2) is 48.8 Å². The van der Waals surface area contributed by atoms with Crippen molar-refractivity contribution in [1.29, 1.82) is 0 Å². The molecule has 0 bridgehead atoms. The molecule has 1 aliphatic rings. The number of hydrogen-bond donors (Lipinski definition) is 2. The number of carbonyl (C=O) groups excluding carboxylic acids is 1. The molecule has 3 unspecified atom stereocenters. The molecule has 0 spiro atoms. The maximum atomic E-state index is 12.9. The Morgan fingerprint density at radius 1 is 1.22 bits per heavy atom. The lowest BCUT2D eigenvalue weighted by Gasteiger charge is -2.57. The molecule has 5 heteroatoms. The van der Waals surface area contributed by atoms with Gasteiger partial charge < -0.3 is 15.8 Å². The zero-order valence-corrected chi connectivity index (χ0v) is 16.5. The van der Waals surface area contributed by atoms with E-state index in [-0.39, 0.29) is 18.1 Å². The maximum absolute atomic E-state index is 12.9. The van der Waals surface area contributed by atoms with E-state index >= 15 is 0 Å². The molecular formula is C22H29N3O2. The van der Waals surface area contributed by atoms with Gasteiger partial charge in [0, 0.05) is 30.8 Å². The van der Waals surface area contributed by atoms with Crippen molar-refractivity contribution in [3.05, 3.63) is 54.4 Å². The molecule has 1 aliphatic carbocycles. The fourth-order valence-electron chi connectivity index (χ4n) is 3.74. The van der Waals surface area contributed by atoms with E-state index in [2.05, 4.69) is 22.4 Å². The Kier molecular flexibility index (Phi) is 5.36. The van der Waals surface area contributed by atoms with Gasteiger partial charge in [0.15, 0.2) is 0 Å². The average molecular weight is 367 g/mol. The normalized spacial score (nSPS) is 24.7. The fourth-order valence-corrected chi connectivity index (χ4v) is 3.74. The summed E-state index contributed by atoms with van der Waals surface area (Å²) in [5.41, 5.74) is 8.46. The van der Waals surface area contributed by atoms with E-state index in [1.165, 1.54) is 0 Å². The molecule has 27 heavy (non-hydrogen) atoms. The van der Waals surface area contributed by atoms with Gasteiger partial charge in [0.25, 0.3) is 0 Å². The molecule has 144 valence electrons. The van der Waals surface area contributed by atoms with Crippen LogP contribution in [0.4, 0.5) is 0 Å². The van der Waals surface area contributed by atoms with Gasteiger partial charge in [-0.05, 0) is 42.7 Å².